The molecule has 3 nitrogen and oxygen atoms in total. The number of hydrogen-bond acceptors (Lipinski definition) is 2. The third-order valence-electron chi connectivity index (χ3n) is 3.99. The van der Waals surface area contributed by atoms with Crippen LogP contribution < -0.4 is 5.32 Å². The standard InChI is InChI=1S/C14H24BrN3/c1-10-5-4-6-13(9-10)16-7-8-18-12(3)14(15)11(2)17-18/h10,13,16H,4-9H2,1-3H3. The molecule has 1 heterocycles. The summed E-state index contributed by atoms with van der Waals surface area (Å²) in [6, 6.07) is 0.717. The number of nitrogens with one attached hydrogen (secondary N) is 1. The van der Waals surface area contributed by atoms with Gasteiger partial charge in [0.15, 0.2) is 0 Å². The zero-order chi connectivity index (χ0) is 13.1. The molecule has 18 heavy (non-hydrogen) atoms. The van der Waals surface area contributed by atoms with E-state index in [2.05, 4.69) is 44.9 Å². The quantitative estimate of drug-likeness (QED) is 0.923. The van der Waals surface area contributed by atoms with Gasteiger partial charge < -0.3 is 5.32 Å². The van der Waals surface area contributed by atoms with Crippen LogP contribution in [0.25, 0.3) is 0 Å². The van der Waals surface area contributed by atoms with Crippen molar-refractivity contribution in [3.63, 3.8) is 0 Å². The lowest BCUT2D eigenvalue weighted by Gasteiger charge is -2.27. The molecule has 1 aromatic heterocycles. The summed E-state index contributed by atoms with van der Waals surface area (Å²) in [5.41, 5.74) is 2.31. The van der Waals surface area contributed by atoms with Crippen molar-refractivity contribution in [2.24, 2.45) is 5.92 Å². The first kappa shape index (κ1) is 14.1. The van der Waals surface area contributed by atoms with Gasteiger partial charge in [0.25, 0.3) is 0 Å². The van der Waals surface area contributed by atoms with E-state index in [1.165, 1.54) is 31.4 Å². The maximum absolute atomic E-state index is 4.54. The van der Waals surface area contributed by atoms with Gasteiger partial charge in [0.05, 0.1) is 16.7 Å². The number of rotatable bonds is 4. The molecule has 1 fully saturated rings. The first-order chi connectivity index (χ1) is 8.58. The van der Waals surface area contributed by atoms with Crippen LogP contribution in [0.2, 0.25) is 0 Å². The van der Waals surface area contributed by atoms with Crippen molar-refractivity contribution < 1.29 is 0 Å². The van der Waals surface area contributed by atoms with Gasteiger partial charge in [-0.25, -0.2) is 0 Å². The van der Waals surface area contributed by atoms with Gasteiger partial charge in [0.2, 0.25) is 0 Å². The third kappa shape index (κ3) is 3.35. The molecular formula is C14H24BrN3. The molecule has 0 spiro atoms. The van der Waals surface area contributed by atoms with Gasteiger partial charge >= 0.3 is 0 Å². The van der Waals surface area contributed by atoms with Crippen LogP contribution in [0.5, 0.6) is 0 Å². The normalized spacial score (nSPS) is 24.4. The van der Waals surface area contributed by atoms with Crippen molar-refractivity contribution in [2.45, 2.75) is 59.0 Å². The summed E-state index contributed by atoms with van der Waals surface area (Å²) >= 11 is 3.57. The van der Waals surface area contributed by atoms with E-state index in [9.17, 15) is 0 Å². The van der Waals surface area contributed by atoms with Crippen LogP contribution in [0, 0.1) is 19.8 Å². The Kier molecular flexibility index (Phi) is 4.84. The van der Waals surface area contributed by atoms with E-state index in [4.69, 9.17) is 0 Å². The molecule has 2 unspecified atom stereocenters. The Morgan fingerprint density at radius 2 is 2.17 bits per heavy atom. The molecule has 1 N–H and O–H groups in total. The lowest BCUT2D eigenvalue weighted by molar-refractivity contribution is 0.297. The van der Waals surface area contributed by atoms with Crippen LogP contribution in [-0.4, -0.2) is 22.4 Å². The van der Waals surface area contributed by atoms with Crippen molar-refractivity contribution in [1.29, 1.82) is 0 Å². The molecule has 1 aromatic rings. The number of halogens is 1. The minimum Gasteiger partial charge on any atom is -0.312 e. The van der Waals surface area contributed by atoms with E-state index < -0.39 is 0 Å². The Labute approximate surface area is 118 Å². The van der Waals surface area contributed by atoms with Gasteiger partial charge in [-0.2, -0.15) is 5.10 Å². The van der Waals surface area contributed by atoms with E-state index in [0.29, 0.717) is 6.04 Å². The highest BCUT2D eigenvalue weighted by Gasteiger charge is 2.18. The monoisotopic (exact) mass is 313 g/mol. The Hall–Kier alpha value is -0.350. The SMILES string of the molecule is Cc1nn(CCNC2CCCC(C)C2)c(C)c1Br. The largest absolute Gasteiger partial charge is 0.312 e. The zero-order valence-electron chi connectivity index (χ0n) is 11.7. The van der Waals surface area contributed by atoms with Crippen LogP contribution in [0.4, 0.5) is 0 Å². The van der Waals surface area contributed by atoms with Crippen LogP contribution in [-0.2, 0) is 6.54 Å². The number of hydrogen-bond donors (Lipinski definition) is 1. The Morgan fingerprint density at radius 1 is 1.39 bits per heavy atom. The zero-order valence-corrected chi connectivity index (χ0v) is 13.3. The highest BCUT2D eigenvalue weighted by atomic mass is 79.9. The molecule has 2 atom stereocenters. The molecule has 1 aliphatic rings. The average Bonchev–Trinajstić information content (AvgIpc) is 2.57. The van der Waals surface area contributed by atoms with Gasteiger partial charge in [-0.1, -0.05) is 19.8 Å². The molecule has 0 aromatic carbocycles. The topological polar surface area (TPSA) is 29.9 Å². The lowest BCUT2D eigenvalue weighted by Crippen LogP contribution is -2.35. The second-order valence-corrected chi connectivity index (χ2v) is 6.42. The molecular weight excluding hydrogens is 290 g/mol. The Bertz CT molecular complexity index is 400. The highest BCUT2D eigenvalue weighted by molar-refractivity contribution is 9.10. The van der Waals surface area contributed by atoms with E-state index in [1.54, 1.807) is 0 Å². The summed E-state index contributed by atoms with van der Waals surface area (Å²) in [5.74, 6) is 0.888. The number of nitrogens with zero attached hydrogens (tertiary/aromatic N) is 2. The van der Waals surface area contributed by atoms with Crippen LogP contribution in [0.3, 0.4) is 0 Å². The van der Waals surface area contributed by atoms with E-state index in [1.807, 2.05) is 6.92 Å². The van der Waals surface area contributed by atoms with Gasteiger partial charge in [0, 0.05) is 18.3 Å². The second kappa shape index (κ2) is 6.20. The molecule has 0 radical (unpaired) electrons. The summed E-state index contributed by atoms with van der Waals surface area (Å²) < 4.78 is 3.24. The summed E-state index contributed by atoms with van der Waals surface area (Å²) in [6.45, 7) is 8.51. The fraction of sp³-hybridized carbons (Fsp3) is 0.786. The molecule has 0 aliphatic heterocycles. The second-order valence-electron chi connectivity index (χ2n) is 5.63. The Balaban J connectivity index is 1.79. The molecule has 2 rings (SSSR count). The van der Waals surface area contributed by atoms with Gasteiger partial charge in [-0.15, -0.1) is 0 Å². The summed E-state index contributed by atoms with van der Waals surface area (Å²) in [5, 5.41) is 8.22. The molecule has 0 saturated heterocycles. The summed E-state index contributed by atoms with van der Waals surface area (Å²) in [7, 11) is 0. The van der Waals surface area contributed by atoms with Gasteiger partial charge in [-0.05, 0) is 48.5 Å². The smallest absolute Gasteiger partial charge is 0.0738 e. The molecule has 4 heteroatoms. The predicted octanol–water partition coefficient (Wildman–Crippen LogP) is 3.43. The van der Waals surface area contributed by atoms with Crippen molar-refractivity contribution in [3.05, 3.63) is 15.9 Å². The molecule has 1 aliphatic carbocycles. The van der Waals surface area contributed by atoms with Crippen LogP contribution in [0.1, 0.15) is 44.0 Å². The maximum Gasteiger partial charge on any atom is 0.0738 e. The first-order valence-electron chi connectivity index (χ1n) is 7.00. The fourth-order valence-corrected chi connectivity index (χ4v) is 3.17. The molecule has 102 valence electrons. The lowest BCUT2D eigenvalue weighted by atomic mass is 9.87. The van der Waals surface area contributed by atoms with Crippen LogP contribution in [0.15, 0.2) is 4.47 Å². The minimum atomic E-state index is 0.717. The molecule has 0 bridgehead atoms. The van der Waals surface area contributed by atoms with Crippen molar-refractivity contribution >= 4 is 15.9 Å². The molecule has 0 amide bonds. The van der Waals surface area contributed by atoms with Crippen LogP contribution >= 0.6 is 15.9 Å². The maximum atomic E-state index is 4.54. The number of aromatic nitrogens is 2. The average molecular weight is 314 g/mol. The van der Waals surface area contributed by atoms with Gasteiger partial charge in [-0.3, -0.25) is 4.68 Å². The van der Waals surface area contributed by atoms with Crippen molar-refractivity contribution in [1.82, 2.24) is 15.1 Å². The highest BCUT2D eigenvalue weighted by Crippen LogP contribution is 2.23. The van der Waals surface area contributed by atoms with E-state index >= 15 is 0 Å². The Morgan fingerprint density at radius 3 is 2.78 bits per heavy atom. The van der Waals surface area contributed by atoms with Gasteiger partial charge in [0.1, 0.15) is 0 Å². The molecule has 1 saturated carbocycles. The predicted molar refractivity (Wildman–Crippen MR) is 78.8 cm³/mol. The first-order valence-corrected chi connectivity index (χ1v) is 7.80. The minimum absolute atomic E-state index is 0.717. The van der Waals surface area contributed by atoms with E-state index in [-0.39, 0.29) is 0 Å². The third-order valence-corrected chi connectivity index (χ3v) is 5.13. The van der Waals surface area contributed by atoms with Crippen molar-refractivity contribution in [2.75, 3.05) is 6.54 Å². The summed E-state index contributed by atoms with van der Waals surface area (Å²) in [4.78, 5) is 0. The fourth-order valence-electron chi connectivity index (χ4n) is 2.89. The number of aryl methyl sites for hydroxylation is 1. The van der Waals surface area contributed by atoms with Crippen molar-refractivity contribution in [3.8, 4) is 0 Å². The summed E-state index contributed by atoms with van der Waals surface area (Å²) in [6.07, 6.45) is 5.46. The van der Waals surface area contributed by atoms with E-state index in [0.717, 1.165) is 29.2 Å².